The topological polar surface area (TPSA) is 102 Å². The first-order valence-electron chi connectivity index (χ1n) is 10.5. The van der Waals surface area contributed by atoms with E-state index in [0.717, 1.165) is 51.2 Å². The molecule has 0 spiro atoms. The molecule has 6 nitrogen and oxygen atoms in total. The van der Waals surface area contributed by atoms with Gasteiger partial charge in [-0.3, -0.25) is 4.52 Å². The van der Waals surface area contributed by atoms with Crippen LogP contribution in [0.2, 0.25) is 0 Å². The maximum absolute atomic E-state index is 11.0. The van der Waals surface area contributed by atoms with Crippen molar-refractivity contribution in [3.8, 4) is 0 Å². The van der Waals surface area contributed by atoms with Crippen LogP contribution in [0.1, 0.15) is 68.1 Å². The summed E-state index contributed by atoms with van der Waals surface area (Å²) in [6.07, 6.45) is 8.25. The first-order chi connectivity index (χ1) is 13.3. The molecule has 0 saturated heterocycles. The zero-order chi connectivity index (χ0) is 20.2. The highest BCUT2D eigenvalue weighted by molar-refractivity contribution is 7.46. The summed E-state index contributed by atoms with van der Waals surface area (Å²) in [5, 5.41) is 0. The molecule has 0 heterocycles. The minimum atomic E-state index is -4.47. The van der Waals surface area contributed by atoms with Gasteiger partial charge in [-0.25, -0.2) is 4.57 Å². The molecule has 1 fully saturated rings. The zero-order valence-electron chi connectivity index (χ0n) is 16.8. The van der Waals surface area contributed by atoms with Gasteiger partial charge in [0.2, 0.25) is 0 Å². The maximum Gasteiger partial charge on any atom is 0.469 e. The Hall–Kier alpha value is -0.750. The van der Waals surface area contributed by atoms with Crippen molar-refractivity contribution in [2.45, 2.75) is 69.7 Å². The number of benzene rings is 1. The largest absolute Gasteiger partial charge is 0.469 e. The van der Waals surface area contributed by atoms with Crippen LogP contribution < -0.4 is 5.73 Å². The predicted octanol–water partition coefficient (Wildman–Crippen LogP) is 3.68. The van der Waals surface area contributed by atoms with Gasteiger partial charge in [-0.1, -0.05) is 18.2 Å². The monoisotopic (exact) mass is 411 g/mol. The van der Waals surface area contributed by atoms with Crippen LogP contribution in [-0.2, 0) is 26.7 Å². The lowest BCUT2D eigenvalue weighted by atomic mass is 9.80. The molecule has 1 aromatic rings. The summed E-state index contributed by atoms with van der Waals surface area (Å²) in [7, 11) is -4.47. The third kappa shape index (κ3) is 6.12. The molecule has 3 rings (SSSR count). The number of fused-ring (bicyclic) bond motifs is 1. The molecule has 0 radical (unpaired) electrons. The van der Waals surface area contributed by atoms with E-state index in [-0.39, 0.29) is 6.61 Å². The van der Waals surface area contributed by atoms with E-state index in [0.29, 0.717) is 12.3 Å². The summed E-state index contributed by atoms with van der Waals surface area (Å²) in [6, 6.07) is 6.84. The number of nitrogens with two attached hydrogens (primary N) is 1. The van der Waals surface area contributed by atoms with E-state index in [1.807, 2.05) is 6.92 Å². The van der Waals surface area contributed by atoms with E-state index >= 15 is 0 Å². The number of hydrogen-bond donors (Lipinski definition) is 3. The lowest BCUT2D eigenvalue weighted by Crippen LogP contribution is -2.41. The fourth-order valence-corrected chi connectivity index (χ4v) is 5.18. The van der Waals surface area contributed by atoms with Gasteiger partial charge in [-0.15, -0.1) is 0 Å². The molecule has 0 amide bonds. The quantitative estimate of drug-likeness (QED) is 0.423. The fourth-order valence-electron chi connectivity index (χ4n) is 4.75. The van der Waals surface area contributed by atoms with Gasteiger partial charge in [0.25, 0.3) is 0 Å². The van der Waals surface area contributed by atoms with E-state index < -0.39 is 13.4 Å². The van der Waals surface area contributed by atoms with Crippen LogP contribution in [0.15, 0.2) is 18.2 Å². The van der Waals surface area contributed by atoms with Crippen LogP contribution in [-0.4, -0.2) is 35.1 Å². The SMILES string of the molecule is CCOCCC[C@@H]1CCc2cc([C@H]3CC[C@](N)(COP(=O)(O)O)C3)ccc2C1. The van der Waals surface area contributed by atoms with Crippen LogP contribution in [0.4, 0.5) is 0 Å². The lowest BCUT2D eigenvalue weighted by molar-refractivity contribution is 0.138. The summed E-state index contributed by atoms with van der Waals surface area (Å²) >= 11 is 0. The average Bonchev–Trinajstić information content (AvgIpc) is 3.05. The number of ether oxygens (including phenoxy) is 1. The van der Waals surface area contributed by atoms with Gasteiger partial charge in [0, 0.05) is 18.8 Å². The van der Waals surface area contributed by atoms with Crippen LogP contribution >= 0.6 is 7.82 Å². The van der Waals surface area contributed by atoms with Crippen molar-refractivity contribution in [2.75, 3.05) is 19.8 Å². The highest BCUT2D eigenvalue weighted by Gasteiger charge is 2.38. The zero-order valence-corrected chi connectivity index (χ0v) is 17.7. The van der Waals surface area contributed by atoms with Crippen LogP contribution in [0.5, 0.6) is 0 Å². The number of phosphoric ester groups is 1. The molecule has 0 unspecified atom stereocenters. The second-order valence-corrected chi connectivity index (χ2v) is 9.78. The molecule has 0 bridgehead atoms. The van der Waals surface area contributed by atoms with Crippen LogP contribution in [0.25, 0.3) is 0 Å². The first kappa shape index (κ1) is 21.9. The first-order valence-corrected chi connectivity index (χ1v) is 12.0. The van der Waals surface area contributed by atoms with E-state index in [1.165, 1.54) is 29.5 Å². The Morgan fingerprint density at radius 2 is 2.11 bits per heavy atom. The minimum absolute atomic E-state index is 0.0951. The Labute approximate surface area is 168 Å². The molecule has 0 aliphatic heterocycles. The summed E-state index contributed by atoms with van der Waals surface area (Å²) in [4.78, 5) is 17.9. The molecule has 7 heteroatoms. The van der Waals surface area contributed by atoms with Gasteiger partial charge in [-0.05, 0) is 86.8 Å². The number of phosphoric acid groups is 1. The van der Waals surface area contributed by atoms with Crippen LogP contribution in [0.3, 0.4) is 0 Å². The summed E-state index contributed by atoms with van der Waals surface area (Å²) in [5.74, 6) is 1.09. The van der Waals surface area contributed by atoms with Crippen molar-refractivity contribution in [2.24, 2.45) is 11.7 Å². The molecular weight excluding hydrogens is 377 g/mol. The fraction of sp³-hybridized carbons (Fsp3) is 0.714. The van der Waals surface area contributed by atoms with Crippen molar-refractivity contribution in [1.82, 2.24) is 0 Å². The Morgan fingerprint density at radius 1 is 1.29 bits per heavy atom. The molecule has 158 valence electrons. The normalized spacial score (nSPS) is 27.7. The summed E-state index contributed by atoms with van der Waals surface area (Å²) < 4.78 is 21.1. The van der Waals surface area contributed by atoms with E-state index in [4.69, 9.17) is 20.3 Å². The van der Waals surface area contributed by atoms with Gasteiger partial charge in [0.05, 0.1) is 6.61 Å². The highest BCUT2D eigenvalue weighted by atomic mass is 31.2. The highest BCUT2D eigenvalue weighted by Crippen LogP contribution is 2.44. The standard InChI is InChI=1S/C21H34NO5P/c1-2-26-11-3-4-16-5-6-18-13-19(8-7-17(18)12-16)20-9-10-21(22,14-20)15-27-28(23,24)25/h7-8,13,16,20H,2-6,9-12,14-15,22H2,1H3,(H2,23,24,25)/t16-,20+,21-/m1/s1. The second-order valence-electron chi connectivity index (χ2n) is 8.54. The molecule has 2 aliphatic rings. The van der Waals surface area contributed by atoms with Gasteiger partial charge < -0.3 is 20.3 Å². The molecule has 0 aromatic heterocycles. The summed E-state index contributed by atoms with van der Waals surface area (Å²) in [6.45, 7) is 3.61. The molecule has 1 aromatic carbocycles. The number of rotatable bonds is 9. The molecule has 3 atom stereocenters. The van der Waals surface area contributed by atoms with Crippen molar-refractivity contribution in [3.63, 3.8) is 0 Å². The third-order valence-electron chi connectivity index (χ3n) is 6.30. The summed E-state index contributed by atoms with van der Waals surface area (Å²) in [5.41, 5.74) is 9.91. The predicted molar refractivity (Wildman–Crippen MR) is 109 cm³/mol. The van der Waals surface area contributed by atoms with Crippen LogP contribution in [0, 0.1) is 5.92 Å². The number of aryl methyl sites for hydroxylation is 1. The van der Waals surface area contributed by atoms with E-state index in [2.05, 4.69) is 22.7 Å². The van der Waals surface area contributed by atoms with Gasteiger partial charge in [0.15, 0.2) is 0 Å². The van der Waals surface area contributed by atoms with Gasteiger partial charge in [-0.2, -0.15) is 0 Å². The Bertz CT molecular complexity index is 706. The molecule has 2 aliphatic carbocycles. The third-order valence-corrected chi connectivity index (χ3v) is 6.77. The molecule has 1 saturated carbocycles. The Balaban J connectivity index is 1.56. The smallest absolute Gasteiger partial charge is 0.382 e. The van der Waals surface area contributed by atoms with Crippen molar-refractivity contribution in [3.05, 3.63) is 34.9 Å². The van der Waals surface area contributed by atoms with Crippen molar-refractivity contribution >= 4 is 7.82 Å². The Kier molecular flexibility index (Phi) is 7.35. The van der Waals surface area contributed by atoms with Crippen molar-refractivity contribution < 1.29 is 23.6 Å². The molecular formula is C21H34NO5P. The van der Waals surface area contributed by atoms with Gasteiger partial charge in [0.1, 0.15) is 0 Å². The maximum atomic E-state index is 11.0. The van der Waals surface area contributed by atoms with Gasteiger partial charge >= 0.3 is 7.82 Å². The number of hydrogen-bond acceptors (Lipinski definition) is 4. The average molecular weight is 411 g/mol. The lowest BCUT2D eigenvalue weighted by Gasteiger charge is -2.26. The van der Waals surface area contributed by atoms with E-state index in [9.17, 15) is 4.57 Å². The molecule has 28 heavy (non-hydrogen) atoms. The Morgan fingerprint density at radius 3 is 2.86 bits per heavy atom. The minimum Gasteiger partial charge on any atom is -0.382 e. The van der Waals surface area contributed by atoms with Crippen molar-refractivity contribution in [1.29, 1.82) is 0 Å². The second kappa shape index (κ2) is 9.38. The van der Waals surface area contributed by atoms with E-state index in [1.54, 1.807) is 0 Å². The molecule has 4 N–H and O–H groups in total.